The highest BCUT2D eigenvalue weighted by molar-refractivity contribution is 5.96. The molecule has 0 unspecified atom stereocenters. The van der Waals surface area contributed by atoms with E-state index in [1.54, 1.807) is 18.2 Å². The number of nitriles is 1. The minimum atomic E-state index is -0.0212. The maximum atomic E-state index is 12.6. The SMILES string of the molecule is Cc1ccc2c(=O)c3ccccc3cc(C#N)c2c1. The first-order chi connectivity index (χ1) is 9.20. The molecule has 19 heavy (non-hydrogen) atoms. The topological polar surface area (TPSA) is 40.9 Å². The molecule has 0 saturated carbocycles. The summed E-state index contributed by atoms with van der Waals surface area (Å²) in [7, 11) is 0. The summed E-state index contributed by atoms with van der Waals surface area (Å²) in [6.45, 7) is 1.96. The number of hydrogen-bond donors (Lipinski definition) is 0. The number of benzene rings is 2. The summed E-state index contributed by atoms with van der Waals surface area (Å²) in [6.07, 6.45) is 0. The van der Waals surface area contributed by atoms with Crippen LogP contribution in [0.3, 0.4) is 0 Å². The molecule has 0 aliphatic heterocycles. The van der Waals surface area contributed by atoms with Crippen molar-refractivity contribution >= 4 is 21.5 Å². The lowest BCUT2D eigenvalue weighted by Crippen LogP contribution is -1.98. The van der Waals surface area contributed by atoms with Gasteiger partial charge in [-0.2, -0.15) is 5.26 Å². The second-order valence-corrected chi connectivity index (χ2v) is 4.64. The van der Waals surface area contributed by atoms with Crippen LogP contribution in [0.4, 0.5) is 0 Å². The molecule has 0 amide bonds. The van der Waals surface area contributed by atoms with Crippen LogP contribution in [-0.2, 0) is 0 Å². The lowest BCUT2D eigenvalue weighted by molar-refractivity contribution is 1.49. The third-order valence-corrected chi connectivity index (χ3v) is 3.34. The highest BCUT2D eigenvalue weighted by Gasteiger charge is 2.06. The summed E-state index contributed by atoms with van der Waals surface area (Å²) >= 11 is 0. The van der Waals surface area contributed by atoms with E-state index in [4.69, 9.17) is 0 Å². The Morgan fingerprint density at radius 2 is 1.74 bits per heavy atom. The molecule has 0 saturated heterocycles. The van der Waals surface area contributed by atoms with Crippen molar-refractivity contribution in [3.05, 3.63) is 69.9 Å². The third kappa shape index (κ3) is 1.76. The van der Waals surface area contributed by atoms with Crippen molar-refractivity contribution < 1.29 is 0 Å². The largest absolute Gasteiger partial charge is 0.289 e. The zero-order valence-corrected chi connectivity index (χ0v) is 10.5. The van der Waals surface area contributed by atoms with Gasteiger partial charge in [-0.05, 0) is 24.4 Å². The van der Waals surface area contributed by atoms with E-state index in [0.717, 1.165) is 16.3 Å². The summed E-state index contributed by atoms with van der Waals surface area (Å²) in [6, 6.07) is 17.0. The van der Waals surface area contributed by atoms with Crippen LogP contribution in [0.15, 0.2) is 53.3 Å². The molecule has 3 aromatic carbocycles. The molecule has 2 heteroatoms. The van der Waals surface area contributed by atoms with Crippen LogP contribution in [0.1, 0.15) is 11.1 Å². The molecule has 2 nitrogen and oxygen atoms in total. The van der Waals surface area contributed by atoms with E-state index >= 15 is 0 Å². The number of nitrogens with zero attached hydrogens (tertiary/aromatic N) is 1. The van der Waals surface area contributed by atoms with Crippen molar-refractivity contribution in [2.75, 3.05) is 0 Å². The van der Waals surface area contributed by atoms with Crippen molar-refractivity contribution in [1.82, 2.24) is 0 Å². The predicted octanol–water partition coefficient (Wildman–Crippen LogP) is 3.53. The predicted molar refractivity (Wildman–Crippen MR) is 77.2 cm³/mol. The van der Waals surface area contributed by atoms with Gasteiger partial charge in [0.15, 0.2) is 5.43 Å². The molecule has 0 atom stereocenters. The highest BCUT2D eigenvalue weighted by Crippen LogP contribution is 2.20. The van der Waals surface area contributed by atoms with Gasteiger partial charge in [-0.3, -0.25) is 4.79 Å². The Kier molecular flexibility index (Phi) is 2.54. The summed E-state index contributed by atoms with van der Waals surface area (Å²) in [4.78, 5) is 12.6. The molecule has 0 aromatic heterocycles. The van der Waals surface area contributed by atoms with E-state index in [9.17, 15) is 10.1 Å². The molecule has 0 N–H and O–H groups in total. The molecule has 3 rings (SSSR count). The fourth-order valence-corrected chi connectivity index (χ4v) is 2.38. The summed E-state index contributed by atoms with van der Waals surface area (Å²) in [5.74, 6) is 0. The Labute approximate surface area is 110 Å². The van der Waals surface area contributed by atoms with Gasteiger partial charge in [0.2, 0.25) is 0 Å². The van der Waals surface area contributed by atoms with Crippen LogP contribution in [0, 0.1) is 18.3 Å². The fraction of sp³-hybridized carbons (Fsp3) is 0.0588. The number of aryl methyl sites for hydroxylation is 1. The molecule has 0 heterocycles. The van der Waals surface area contributed by atoms with E-state index in [1.165, 1.54) is 0 Å². The second-order valence-electron chi connectivity index (χ2n) is 4.64. The van der Waals surface area contributed by atoms with Crippen LogP contribution >= 0.6 is 0 Å². The van der Waals surface area contributed by atoms with Crippen LogP contribution in [-0.4, -0.2) is 0 Å². The van der Waals surface area contributed by atoms with E-state index in [-0.39, 0.29) is 5.43 Å². The van der Waals surface area contributed by atoms with E-state index in [0.29, 0.717) is 16.3 Å². The zero-order valence-electron chi connectivity index (χ0n) is 10.5. The second kappa shape index (κ2) is 4.22. The van der Waals surface area contributed by atoms with E-state index < -0.39 is 0 Å². The van der Waals surface area contributed by atoms with Gasteiger partial charge >= 0.3 is 0 Å². The Bertz CT molecular complexity index is 904. The van der Waals surface area contributed by atoms with Crippen LogP contribution in [0.25, 0.3) is 21.5 Å². The maximum Gasteiger partial charge on any atom is 0.194 e. The molecule has 0 fully saturated rings. The Morgan fingerprint density at radius 1 is 0.947 bits per heavy atom. The normalized spacial score (nSPS) is 10.5. The number of hydrogen-bond acceptors (Lipinski definition) is 2. The molecule has 0 aliphatic rings. The Hall–Kier alpha value is -2.66. The average molecular weight is 245 g/mol. The molecular weight excluding hydrogens is 234 g/mol. The Balaban J connectivity index is 2.72. The zero-order chi connectivity index (χ0) is 13.4. The van der Waals surface area contributed by atoms with Gasteiger partial charge in [0.25, 0.3) is 0 Å². The summed E-state index contributed by atoms with van der Waals surface area (Å²) < 4.78 is 0. The highest BCUT2D eigenvalue weighted by atomic mass is 16.1. The van der Waals surface area contributed by atoms with Gasteiger partial charge in [0.1, 0.15) is 0 Å². The van der Waals surface area contributed by atoms with Gasteiger partial charge in [0, 0.05) is 16.2 Å². The van der Waals surface area contributed by atoms with Crippen LogP contribution in [0.2, 0.25) is 0 Å². The van der Waals surface area contributed by atoms with Gasteiger partial charge < -0.3 is 0 Å². The minimum Gasteiger partial charge on any atom is -0.289 e. The number of fused-ring (bicyclic) bond motifs is 2. The smallest absolute Gasteiger partial charge is 0.194 e. The third-order valence-electron chi connectivity index (χ3n) is 3.34. The number of rotatable bonds is 0. The lowest BCUT2D eigenvalue weighted by Gasteiger charge is -1.96. The summed E-state index contributed by atoms with van der Waals surface area (Å²) in [5, 5.41) is 12.1. The molecule has 3 aromatic rings. The maximum absolute atomic E-state index is 12.6. The molecular formula is C17H11NO. The first-order valence-electron chi connectivity index (χ1n) is 6.07. The minimum absolute atomic E-state index is 0.0212. The first kappa shape index (κ1) is 11.4. The van der Waals surface area contributed by atoms with Gasteiger partial charge in [-0.25, -0.2) is 0 Å². The molecule has 90 valence electrons. The molecule has 0 aliphatic carbocycles. The van der Waals surface area contributed by atoms with Crippen molar-refractivity contribution in [2.24, 2.45) is 0 Å². The molecule has 0 spiro atoms. The molecule has 0 bridgehead atoms. The lowest BCUT2D eigenvalue weighted by atomic mass is 10.1. The average Bonchev–Trinajstić information content (AvgIpc) is 2.55. The van der Waals surface area contributed by atoms with Crippen LogP contribution in [0.5, 0.6) is 0 Å². The van der Waals surface area contributed by atoms with E-state index in [1.807, 2.05) is 37.3 Å². The van der Waals surface area contributed by atoms with Crippen molar-refractivity contribution in [2.45, 2.75) is 6.92 Å². The van der Waals surface area contributed by atoms with Gasteiger partial charge in [-0.1, -0.05) is 42.0 Å². The van der Waals surface area contributed by atoms with Crippen molar-refractivity contribution in [1.29, 1.82) is 5.26 Å². The first-order valence-corrected chi connectivity index (χ1v) is 6.07. The quantitative estimate of drug-likeness (QED) is 0.608. The van der Waals surface area contributed by atoms with Crippen molar-refractivity contribution in [3.8, 4) is 6.07 Å². The fourth-order valence-electron chi connectivity index (χ4n) is 2.38. The van der Waals surface area contributed by atoms with Crippen LogP contribution < -0.4 is 5.43 Å². The van der Waals surface area contributed by atoms with Crippen molar-refractivity contribution in [3.63, 3.8) is 0 Å². The summed E-state index contributed by atoms with van der Waals surface area (Å²) in [5.41, 5.74) is 1.56. The molecule has 0 radical (unpaired) electrons. The van der Waals surface area contributed by atoms with Gasteiger partial charge in [0.05, 0.1) is 11.6 Å². The Morgan fingerprint density at radius 3 is 2.53 bits per heavy atom. The van der Waals surface area contributed by atoms with E-state index in [2.05, 4.69) is 6.07 Å². The van der Waals surface area contributed by atoms with Gasteiger partial charge in [-0.15, -0.1) is 0 Å². The monoisotopic (exact) mass is 245 g/mol. The standard InChI is InChI=1S/C17H11NO/c1-11-6-7-15-16(8-11)13(10-18)9-12-4-2-3-5-14(12)17(15)19/h2-9H,1H3.